The van der Waals surface area contributed by atoms with Crippen LogP contribution >= 0.6 is 0 Å². The molecule has 0 atom stereocenters. The molecule has 0 spiro atoms. The molecule has 0 saturated carbocycles. The second-order valence-corrected chi connectivity index (χ2v) is 5.69. The van der Waals surface area contributed by atoms with Crippen LogP contribution in [0.25, 0.3) is 6.08 Å². The monoisotopic (exact) mass is 302 g/mol. The molecule has 4 nitrogen and oxygen atoms in total. The summed E-state index contributed by atoms with van der Waals surface area (Å²) in [5.74, 6) is 0. The number of aromatic nitrogens is 3. The third kappa shape index (κ3) is 3.26. The van der Waals surface area contributed by atoms with Crippen molar-refractivity contribution in [3.8, 4) is 0 Å². The van der Waals surface area contributed by atoms with E-state index in [1.54, 1.807) is 0 Å². The number of hydrogen-bond acceptors (Lipinski definition) is 1. The summed E-state index contributed by atoms with van der Waals surface area (Å²) >= 11 is 0. The van der Waals surface area contributed by atoms with Crippen LogP contribution in [0.15, 0.2) is 71.6 Å². The molecule has 3 aromatic heterocycles. The van der Waals surface area contributed by atoms with Gasteiger partial charge in [-0.25, -0.2) is 0 Å². The van der Waals surface area contributed by atoms with Crippen LogP contribution < -0.4 is 0 Å². The Hall–Kier alpha value is -3.01. The minimum atomic E-state index is 0.837. The third-order valence-corrected chi connectivity index (χ3v) is 3.87. The minimum Gasteiger partial charge on any atom is -0.365 e. The van der Waals surface area contributed by atoms with Crippen molar-refractivity contribution < 1.29 is 0 Å². The second kappa shape index (κ2) is 6.01. The van der Waals surface area contributed by atoms with Gasteiger partial charge in [-0.05, 0) is 54.6 Å². The molecule has 0 amide bonds. The van der Waals surface area contributed by atoms with Gasteiger partial charge in [-0.3, -0.25) is 4.99 Å². The Morgan fingerprint density at radius 3 is 2.35 bits per heavy atom. The quantitative estimate of drug-likeness (QED) is 0.641. The van der Waals surface area contributed by atoms with Gasteiger partial charge in [-0.2, -0.15) is 0 Å². The molecular formula is C19H18N4. The minimum absolute atomic E-state index is 0.837. The van der Waals surface area contributed by atoms with Crippen LogP contribution in [-0.2, 0) is 12.8 Å². The van der Waals surface area contributed by atoms with Gasteiger partial charge in [0.25, 0.3) is 0 Å². The first-order valence-corrected chi connectivity index (χ1v) is 7.75. The number of aliphatic imine (C=N–C) groups is 1. The molecule has 0 fully saturated rings. The zero-order valence-electron chi connectivity index (χ0n) is 12.7. The molecule has 1 aliphatic heterocycles. The number of H-pyrrole nitrogens is 3. The van der Waals surface area contributed by atoms with E-state index in [4.69, 9.17) is 0 Å². The summed E-state index contributed by atoms with van der Waals surface area (Å²) in [6, 6.07) is 12.4. The third-order valence-electron chi connectivity index (χ3n) is 3.87. The van der Waals surface area contributed by atoms with Crippen LogP contribution in [0.3, 0.4) is 0 Å². The zero-order valence-corrected chi connectivity index (χ0v) is 12.7. The van der Waals surface area contributed by atoms with Crippen molar-refractivity contribution in [2.24, 2.45) is 4.99 Å². The van der Waals surface area contributed by atoms with Crippen molar-refractivity contribution in [3.05, 3.63) is 89.4 Å². The average molecular weight is 302 g/mol. The van der Waals surface area contributed by atoms with E-state index in [1.165, 1.54) is 17.1 Å². The molecule has 0 unspecified atom stereocenters. The Morgan fingerprint density at radius 1 is 0.826 bits per heavy atom. The lowest BCUT2D eigenvalue weighted by Gasteiger charge is -1.96. The van der Waals surface area contributed by atoms with E-state index >= 15 is 0 Å². The smallest absolute Gasteiger partial charge is 0.0654 e. The molecule has 0 bridgehead atoms. The molecule has 4 heterocycles. The highest BCUT2D eigenvalue weighted by Gasteiger charge is 2.07. The maximum Gasteiger partial charge on any atom is 0.0654 e. The highest BCUT2D eigenvalue weighted by molar-refractivity contribution is 6.00. The lowest BCUT2D eigenvalue weighted by atomic mass is 10.2. The van der Waals surface area contributed by atoms with E-state index in [1.807, 2.05) is 24.5 Å². The van der Waals surface area contributed by atoms with E-state index in [0.29, 0.717) is 0 Å². The highest BCUT2D eigenvalue weighted by atomic mass is 14.8. The van der Waals surface area contributed by atoms with Gasteiger partial charge >= 0.3 is 0 Å². The molecule has 0 aliphatic carbocycles. The second-order valence-electron chi connectivity index (χ2n) is 5.69. The molecular weight excluding hydrogens is 284 g/mol. The molecule has 3 aromatic rings. The molecule has 3 N–H and O–H groups in total. The van der Waals surface area contributed by atoms with Crippen molar-refractivity contribution in [2.75, 3.05) is 0 Å². The lowest BCUT2D eigenvalue weighted by molar-refractivity contribution is 1.05. The first kappa shape index (κ1) is 13.6. The van der Waals surface area contributed by atoms with Crippen molar-refractivity contribution in [1.82, 2.24) is 15.0 Å². The first-order valence-electron chi connectivity index (χ1n) is 7.75. The van der Waals surface area contributed by atoms with Gasteiger partial charge in [-0.15, -0.1) is 0 Å². The van der Waals surface area contributed by atoms with Crippen LogP contribution in [0.1, 0.15) is 22.8 Å². The first-order chi connectivity index (χ1) is 11.3. The zero-order chi connectivity index (χ0) is 15.5. The van der Waals surface area contributed by atoms with E-state index < -0.39 is 0 Å². The van der Waals surface area contributed by atoms with Gasteiger partial charge in [0.15, 0.2) is 0 Å². The molecule has 4 rings (SSSR count). The number of rotatable bonds is 5. The molecule has 4 heteroatoms. The van der Waals surface area contributed by atoms with E-state index in [9.17, 15) is 0 Å². The SMILES string of the molecule is C1=C/C(=C\c2ccc(Cc3ccc[nH]3)[nH]2)N=C1Cc1ccc[nH]1. The molecule has 23 heavy (non-hydrogen) atoms. The fourth-order valence-electron chi connectivity index (χ4n) is 2.76. The Morgan fingerprint density at radius 2 is 1.61 bits per heavy atom. The fourth-order valence-corrected chi connectivity index (χ4v) is 2.76. The van der Waals surface area contributed by atoms with Crippen LogP contribution in [0, 0.1) is 0 Å². The number of nitrogens with zero attached hydrogens (tertiary/aromatic N) is 1. The summed E-state index contributed by atoms with van der Waals surface area (Å²) in [7, 11) is 0. The van der Waals surface area contributed by atoms with Crippen molar-refractivity contribution in [2.45, 2.75) is 12.8 Å². The number of nitrogens with one attached hydrogen (secondary N) is 3. The van der Waals surface area contributed by atoms with Gasteiger partial charge in [0.2, 0.25) is 0 Å². The maximum atomic E-state index is 4.66. The van der Waals surface area contributed by atoms with Gasteiger partial charge in [-0.1, -0.05) is 0 Å². The standard InChI is InChI=1S/C19H18N4/c1-3-14(20-9-1)11-16-5-7-18(22-16)13-19-8-6-17(23-19)12-15-4-2-10-21-15/h1-10,13,20-22H,11-12H2/b19-13+. The van der Waals surface area contributed by atoms with Crippen molar-refractivity contribution >= 4 is 11.8 Å². The summed E-state index contributed by atoms with van der Waals surface area (Å²) in [6.45, 7) is 0. The summed E-state index contributed by atoms with van der Waals surface area (Å²) in [6.07, 6.45) is 11.8. The Labute approximate surface area is 134 Å². The van der Waals surface area contributed by atoms with Gasteiger partial charge in [0.1, 0.15) is 0 Å². The normalized spacial score (nSPS) is 15.5. The van der Waals surface area contributed by atoms with E-state index in [2.05, 4.69) is 62.4 Å². The molecule has 0 aromatic carbocycles. The summed E-state index contributed by atoms with van der Waals surface area (Å²) in [4.78, 5) is 14.5. The molecule has 0 saturated heterocycles. The molecule has 0 radical (unpaired) electrons. The van der Waals surface area contributed by atoms with Crippen LogP contribution in [-0.4, -0.2) is 20.7 Å². The predicted octanol–water partition coefficient (Wildman–Crippen LogP) is 3.86. The van der Waals surface area contributed by atoms with Crippen molar-refractivity contribution in [1.29, 1.82) is 0 Å². The number of aromatic amines is 3. The van der Waals surface area contributed by atoms with Crippen LogP contribution in [0.4, 0.5) is 0 Å². The summed E-state index contributed by atoms with van der Waals surface area (Å²) in [5, 5.41) is 0. The van der Waals surface area contributed by atoms with Gasteiger partial charge in [0.05, 0.1) is 5.70 Å². The average Bonchev–Trinajstić information content (AvgIpc) is 3.31. The molecule has 114 valence electrons. The summed E-state index contributed by atoms with van der Waals surface area (Å²) in [5.41, 5.74) is 6.73. The van der Waals surface area contributed by atoms with E-state index in [0.717, 1.165) is 29.9 Å². The highest BCUT2D eigenvalue weighted by Crippen LogP contribution is 2.16. The van der Waals surface area contributed by atoms with Gasteiger partial charge < -0.3 is 15.0 Å². The maximum absolute atomic E-state index is 4.66. The number of hydrogen-bond donors (Lipinski definition) is 3. The Kier molecular flexibility index (Phi) is 3.56. The Balaban J connectivity index is 1.45. The van der Waals surface area contributed by atoms with Crippen LogP contribution in [0.2, 0.25) is 0 Å². The largest absolute Gasteiger partial charge is 0.365 e. The topological polar surface area (TPSA) is 59.7 Å². The summed E-state index contributed by atoms with van der Waals surface area (Å²) < 4.78 is 0. The fraction of sp³-hybridized carbons (Fsp3) is 0.105. The lowest BCUT2D eigenvalue weighted by Crippen LogP contribution is -1.96. The van der Waals surface area contributed by atoms with Gasteiger partial charge in [0, 0.05) is 53.7 Å². The van der Waals surface area contributed by atoms with Crippen LogP contribution in [0.5, 0.6) is 0 Å². The van der Waals surface area contributed by atoms with E-state index in [-0.39, 0.29) is 0 Å². The van der Waals surface area contributed by atoms with Crippen molar-refractivity contribution in [3.63, 3.8) is 0 Å². The molecule has 1 aliphatic rings. The Bertz CT molecular complexity index is 859. The predicted molar refractivity (Wildman–Crippen MR) is 93.4 cm³/mol. The number of allylic oxidation sites excluding steroid dienone is 2.